The van der Waals surface area contributed by atoms with Gasteiger partial charge in [-0.05, 0) is 41.8 Å². The minimum Gasteiger partial charge on any atom is -0.425 e. The third-order valence-electron chi connectivity index (χ3n) is 7.10. The van der Waals surface area contributed by atoms with Crippen LogP contribution in [0.3, 0.4) is 0 Å². The molecule has 2 heterocycles. The highest BCUT2D eigenvalue weighted by Gasteiger charge is 2.44. The van der Waals surface area contributed by atoms with Crippen LogP contribution in [0.15, 0.2) is 66.7 Å². The van der Waals surface area contributed by atoms with Crippen molar-refractivity contribution in [1.82, 2.24) is 5.06 Å². The molecule has 1 fully saturated rings. The first-order chi connectivity index (χ1) is 20.8. The number of carbonyl (C=O) groups excluding carboxylic acids is 4. The largest absolute Gasteiger partial charge is 0.425 e. The molecule has 3 aromatic carbocycles. The summed E-state index contributed by atoms with van der Waals surface area (Å²) in [5, 5.41) is 0.436. The summed E-state index contributed by atoms with van der Waals surface area (Å²) in [5.74, 6) is -6.45. The fourth-order valence-electron chi connectivity index (χ4n) is 5.19. The molecule has 5 rings (SSSR count). The number of imide groups is 1. The molecule has 0 radical (unpaired) electrons. The normalized spacial score (nSPS) is 15.2. The van der Waals surface area contributed by atoms with Crippen molar-refractivity contribution in [3.05, 3.63) is 89.0 Å². The summed E-state index contributed by atoms with van der Waals surface area (Å²) in [6.45, 7) is 0.155. The maximum Gasteiger partial charge on any atom is 0.420 e. The second kappa shape index (κ2) is 11.7. The van der Waals surface area contributed by atoms with Gasteiger partial charge >= 0.3 is 24.3 Å². The molecule has 0 aromatic heterocycles. The zero-order chi connectivity index (χ0) is 31.8. The molecule has 0 unspecified atom stereocenters. The van der Waals surface area contributed by atoms with Gasteiger partial charge in [0, 0.05) is 37.2 Å². The summed E-state index contributed by atoms with van der Waals surface area (Å²) in [5.41, 5.74) is -2.17. The van der Waals surface area contributed by atoms with Crippen molar-refractivity contribution in [2.24, 2.45) is 0 Å². The lowest BCUT2D eigenvalue weighted by atomic mass is 9.84. The van der Waals surface area contributed by atoms with Gasteiger partial charge in [-0.1, -0.05) is 42.5 Å². The van der Waals surface area contributed by atoms with E-state index >= 15 is 0 Å². The van der Waals surface area contributed by atoms with Gasteiger partial charge < -0.3 is 14.5 Å². The Balaban J connectivity index is 1.43. The lowest BCUT2D eigenvalue weighted by Gasteiger charge is -2.37. The van der Waals surface area contributed by atoms with Crippen LogP contribution < -0.4 is 9.64 Å². The van der Waals surface area contributed by atoms with E-state index in [-0.39, 0.29) is 43.4 Å². The van der Waals surface area contributed by atoms with Crippen LogP contribution in [0, 0.1) is 0 Å². The maximum atomic E-state index is 13.7. The number of amides is 2. The number of anilines is 2. The average molecular weight is 621 g/mol. The molecule has 2 aliphatic heterocycles. The van der Waals surface area contributed by atoms with Crippen LogP contribution in [0.5, 0.6) is 5.75 Å². The van der Waals surface area contributed by atoms with Crippen LogP contribution in [-0.4, -0.2) is 35.4 Å². The highest BCUT2D eigenvalue weighted by Crippen LogP contribution is 2.48. The van der Waals surface area contributed by atoms with Gasteiger partial charge in [-0.15, -0.1) is 5.06 Å². The fraction of sp³-hybridized carbons (Fsp3) is 0.267. The third kappa shape index (κ3) is 5.96. The summed E-state index contributed by atoms with van der Waals surface area (Å²) in [6, 6.07) is 14.0. The Morgan fingerprint density at radius 3 is 1.75 bits per heavy atom. The van der Waals surface area contributed by atoms with E-state index in [4.69, 9.17) is 9.57 Å². The fourth-order valence-corrected chi connectivity index (χ4v) is 5.19. The number of hydrogen-bond donors (Lipinski definition) is 0. The van der Waals surface area contributed by atoms with Crippen LogP contribution in [0.2, 0.25) is 0 Å². The number of nitrogens with zero attached hydrogens (tertiary/aromatic N) is 2. The van der Waals surface area contributed by atoms with Crippen molar-refractivity contribution in [2.45, 2.75) is 44.0 Å². The molecule has 14 heteroatoms. The Hall–Kier alpha value is -4.88. The smallest absolute Gasteiger partial charge is 0.420 e. The van der Waals surface area contributed by atoms with Crippen molar-refractivity contribution in [3.8, 4) is 5.75 Å². The van der Waals surface area contributed by atoms with E-state index in [0.29, 0.717) is 34.6 Å². The van der Waals surface area contributed by atoms with Gasteiger partial charge in [-0.3, -0.25) is 14.4 Å². The Morgan fingerprint density at radius 1 is 0.750 bits per heavy atom. The first-order valence-electron chi connectivity index (χ1n) is 13.3. The van der Waals surface area contributed by atoms with E-state index < -0.39 is 58.9 Å². The van der Waals surface area contributed by atoms with E-state index in [0.717, 1.165) is 0 Å². The van der Waals surface area contributed by atoms with E-state index in [9.17, 15) is 45.5 Å². The first kappa shape index (κ1) is 30.6. The summed E-state index contributed by atoms with van der Waals surface area (Å²) in [6.07, 6.45) is -10.6. The second-order valence-corrected chi connectivity index (χ2v) is 9.95. The average Bonchev–Trinajstić information content (AvgIpc) is 3.27. The zero-order valence-electron chi connectivity index (χ0n) is 22.6. The van der Waals surface area contributed by atoms with Gasteiger partial charge in [0.2, 0.25) is 0 Å². The Kier molecular flexibility index (Phi) is 8.10. The van der Waals surface area contributed by atoms with Crippen LogP contribution in [0.4, 0.5) is 37.7 Å². The number of ether oxygens (including phenoxy) is 1. The molecule has 0 aliphatic carbocycles. The van der Waals surface area contributed by atoms with Crippen molar-refractivity contribution in [3.63, 3.8) is 0 Å². The van der Waals surface area contributed by atoms with Crippen LogP contribution in [0.1, 0.15) is 53.9 Å². The molecule has 230 valence electrons. The molecule has 3 aromatic rings. The highest BCUT2D eigenvalue weighted by molar-refractivity contribution is 6.01. The molecule has 2 amide bonds. The second-order valence-electron chi connectivity index (χ2n) is 9.95. The van der Waals surface area contributed by atoms with E-state index in [1.165, 1.54) is 12.1 Å². The van der Waals surface area contributed by atoms with Gasteiger partial charge in [0.05, 0.1) is 11.1 Å². The van der Waals surface area contributed by atoms with Crippen molar-refractivity contribution in [2.75, 3.05) is 11.4 Å². The summed E-state index contributed by atoms with van der Waals surface area (Å²) < 4.78 is 87.4. The van der Waals surface area contributed by atoms with Gasteiger partial charge in [-0.25, -0.2) is 4.79 Å². The molecule has 1 saturated heterocycles. The number of rotatable bonds is 7. The van der Waals surface area contributed by atoms with Crippen molar-refractivity contribution >= 4 is 35.1 Å². The molecule has 0 N–H and O–H groups in total. The van der Waals surface area contributed by atoms with Crippen LogP contribution in [-0.2, 0) is 36.4 Å². The number of hydroxylamine groups is 2. The topological polar surface area (TPSA) is 93.2 Å². The maximum absolute atomic E-state index is 13.7. The SMILES string of the molecule is O=C(CCCN1c2ccccc2C(C(=O)Oc2c(C(F)(F)F)cccc2C(F)(F)F)c2ccccc21)ON1C(=O)CCC1=O. The minimum atomic E-state index is -5.24. The first-order valence-corrected chi connectivity index (χ1v) is 13.3. The molecule has 0 saturated carbocycles. The van der Waals surface area contributed by atoms with E-state index in [1.807, 2.05) is 0 Å². The Bertz CT molecular complexity index is 1540. The molecule has 8 nitrogen and oxygen atoms in total. The summed E-state index contributed by atoms with van der Waals surface area (Å²) >= 11 is 0. The highest BCUT2D eigenvalue weighted by atomic mass is 19.4. The van der Waals surface area contributed by atoms with Gasteiger partial charge in [-0.2, -0.15) is 26.3 Å². The van der Waals surface area contributed by atoms with Crippen molar-refractivity contribution in [1.29, 1.82) is 0 Å². The quantitative estimate of drug-likeness (QED) is 0.133. The summed E-state index contributed by atoms with van der Waals surface area (Å²) in [7, 11) is 0. The zero-order valence-corrected chi connectivity index (χ0v) is 22.6. The molecule has 0 bridgehead atoms. The molecule has 0 spiro atoms. The van der Waals surface area contributed by atoms with E-state index in [2.05, 4.69) is 0 Å². The number of benzene rings is 3. The monoisotopic (exact) mass is 620 g/mol. The molecular weight excluding hydrogens is 598 g/mol. The van der Waals surface area contributed by atoms with Gasteiger partial charge in [0.15, 0.2) is 5.75 Å². The predicted molar refractivity (Wildman–Crippen MR) is 140 cm³/mol. The number of hydrogen-bond acceptors (Lipinski definition) is 7. The number of fused-ring (bicyclic) bond motifs is 2. The van der Waals surface area contributed by atoms with Gasteiger partial charge in [0.1, 0.15) is 5.92 Å². The minimum absolute atomic E-state index is 0.0592. The van der Waals surface area contributed by atoms with Crippen LogP contribution in [0.25, 0.3) is 0 Å². The number of halogens is 6. The third-order valence-corrected chi connectivity index (χ3v) is 7.10. The molecule has 0 atom stereocenters. The Morgan fingerprint density at radius 2 is 1.25 bits per heavy atom. The molecule has 44 heavy (non-hydrogen) atoms. The molecular formula is C30H22F6N2O6. The van der Waals surface area contributed by atoms with Gasteiger partial charge in [0.25, 0.3) is 11.8 Å². The molecule has 2 aliphatic rings. The number of esters is 1. The van der Waals surface area contributed by atoms with Crippen molar-refractivity contribution < 1.29 is 55.1 Å². The van der Waals surface area contributed by atoms with E-state index in [1.54, 1.807) is 41.3 Å². The summed E-state index contributed by atoms with van der Waals surface area (Å²) in [4.78, 5) is 56.0. The standard InChI is InChI=1S/C30H22F6N2O6/c31-29(32,33)19-9-5-10-20(30(34,35)36)27(19)43-28(42)26-17-7-1-3-11-21(17)37(22-12-4-2-8-18(22)26)16-6-13-25(41)44-38-23(39)14-15-24(38)40/h1-5,7-12,26H,6,13-16H2. The lowest BCUT2D eigenvalue weighted by molar-refractivity contribution is -0.197. The van der Waals surface area contributed by atoms with Crippen LogP contribution >= 0.6 is 0 Å². The predicted octanol–water partition coefficient (Wildman–Crippen LogP) is 6.30. The lowest BCUT2D eigenvalue weighted by Crippen LogP contribution is -2.33. The number of para-hydroxylation sites is 3. The number of carbonyl (C=O) groups is 4. The number of alkyl halides is 6. The Labute approximate surface area is 245 Å².